The monoisotopic (exact) mass is 266 g/mol. The van der Waals surface area contributed by atoms with Gasteiger partial charge in [0.05, 0.1) is 7.11 Å². The molecular formula is C18H18O2. The highest BCUT2D eigenvalue weighted by Crippen LogP contribution is 2.36. The number of ketones is 1. The summed E-state index contributed by atoms with van der Waals surface area (Å²) in [7, 11) is 1.67. The fourth-order valence-corrected chi connectivity index (χ4v) is 2.95. The van der Waals surface area contributed by atoms with Crippen LogP contribution in [0.1, 0.15) is 28.4 Å². The van der Waals surface area contributed by atoms with Crippen LogP contribution in [-0.4, -0.2) is 12.9 Å². The van der Waals surface area contributed by atoms with Gasteiger partial charge in [0.25, 0.3) is 0 Å². The van der Waals surface area contributed by atoms with Crippen molar-refractivity contribution >= 4 is 5.78 Å². The van der Waals surface area contributed by atoms with Crippen LogP contribution in [-0.2, 0) is 6.42 Å². The molecule has 1 aliphatic carbocycles. The predicted molar refractivity (Wildman–Crippen MR) is 80.4 cm³/mol. The third-order valence-corrected chi connectivity index (χ3v) is 4.02. The van der Waals surface area contributed by atoms with Crippen molar-refractivity contribution in [2.24, 2.45) is 5.92 Å². The molecule has 0 aromatic heterocycles. The summed E-state index contributed by atoms with van der Waals surface area (Å²) in [5.41, 5.74) is 5.56. The highest BCUT2D eigenvalue weighted by Gasteiger charge is 2.29. The van der Waals surface area contributed by atoms with E-state index in [9.17, 15) is 4.79 Å². The summed E-state index contributed by atoms with van der Waals surface area (Å²) in [6.45, 7) is 4.05. The highest BCUT2D eigenvalue weighted by molar-refractivity contribution is 6.04. The Balaban J connectivity index is 2.15. The van der Waals surface area contributed by atoms with Crippen LogP contribution in [0.4, 0.5) is 0 Å². The lowest BCUT2D eigenvalue weighted by molar-refractivity contribution is 0.0946. The summed E-state index contributed by atoms with van der Waals surface area (Å²) in [6.07, 6.45) is 0.843. The fraction of sp³-hybridized carbons (Fsp3) is 0.278. The van der Waals surface area contributed by atoms with Crippen LogP contribution < -0.4 is 4.74 Å². The Morgan fingerprint density at radius 3 is 2.40 bits per heavy atom. The van der Waals surface area contributed by atoms with Crippen molar-refractivity contribution in [2.45, 2.75) is 20.3 Å². The normalized spacial score (nSPS) is 17.1. The Bertz CT molecular complexity index is 669. The molecule has 0 saturated heterocycles. The van der Waals surface area contributed by atoms with Gasteiger partial charge >= 0.3 is 0 Å². The second-order valence-electron chi connectivity index (χ2n) is 5.54. The zero-order valence-corrected chi connectivity index (χ0v) is 12.1. The second-order valence-corrected chi connectivity index (χ2v) is 5.54. The number of Topliss-reactive ketones (excluding diaryl/α,β-unsaturated/α-hetero) is 1. The van der Waals surface area contributed by atoms with Crippen molar-refractivity contribution in [3.05, 3.63) is 53.1 Å². The summed E-state index contributed by atoms with van der Waals surface area (Å²) < 4.78 is 5.20. The lowest BCUT2D eigenvalue weighted by Gasteiger charge is -2.10. The van der Waals surface area contributed by atoms with Crippen LogP contribution in [0.3, 0.4) is 0 Å². The highest BCUT2D eigenvalue weighted by atomic mass is 16.5. The van der Waals surface area contributed by atoms with Crippen molar-refractivity contribution in [1.29, 1.82) is 0 Å². The third-order valence-electron chi connectivity index (χ3n) is 4.02. The van der Waals surface area contributed by atoms with Crippen LogP contribution in [0.2, 0.25) is 0 Å². The number of methoxy groups -OCH3 is 1. The Hall–Kier alpha value is -2.09. The Morgan fingerprint density at radius 1 is 1.10 bits per heavy atom. The Labute approximate surface area is 119 Å². The minimum absolute atomic E-state index is 0.101. The average molecular weight is 266 g/mol. The first-order valence-electron chi connectivity index (χ1n) is 6.92. The molecule has 0 heterocycles. The molecule has 1 atom stereocenters. The number of hydrogen-bond acceptors (Lipinski definition) is 2. The Morgan fingerprint density at radius 2 is 1.75 bits per heavy atom. The number of benzene rings is 2. The second kappa shape index (κ2) is 4.78. The molecule has 20 heavy (non-hydrogen) atoms. The largest absolute Gasteiger partial charge is 0.497 e. The molecule has 102 valence electrons. The summed E-state index contributed by atoms with van der Waals surface area (Å²) in [5.74, 6) is 1.23. The third kappa shape index (κ3) is 2.01. The van der Waals surface area contributed by atoms with E-state index < -0.39 is 0 Å². The number of carbonyl (C=O) groups excluding carboxylic acids is 1. The molecule has 3 rings (SSSR count). The molecule has 0 N–H and O–H groups in total. The molecule has 0 radical (unpaired) electrons. The van der Waals surface area contributed by atoms with Crippen LogP contribution in [0.15, 0.2) is 36.4 Å². The van der Waals surface area contributed by atoms with E-state index in [1.807, 2.05) is 32.0 Å². The van der Waals surface area contributed by atoms with Gasteiger partial charge in [0.1, 0.15) is 5.75 Å². The zero-order chi connectivity index (χ0) is 14.3. The number of fused-ring (bicyclic) bond motifs is 1. The molecule has 1 aliphatic rings. The topological polar surface area (TPSA) is 26.3 Å². The standard InChI is InChI=1S/C18H18O2/c1-11-8-15(13-4-6-14(20-3)7-5-13)16-10-12(2)18(19)17(16)9-11/h4-9,12H,10H2,1-3H3. The smallest absolute Gasteiger partial charge is 0.166 e. The number of rotatable bonds is 2. The van der Waals surface area contributed by atoms with Crippen LogP contribution in [0.5, 0.6) is 5.75 Å². The first-order chi connectivity index (χ1) is 9.60. The van der Waals surface area contributed by atoms with Gasteiger partial charge in [-0.3, -0.25) is 4.79 Å². The maximum Gasteiger partial charge on any atom is 0.166 e. The maximum atomic E-state index is 12.2. The molecule has 0 saturated carbocycles. The quantitative estimate of drug-likeness (QED) is 0.819. The SMILES string of the molecule is COc1ccc(-c2cc(C)cc3c2CC(C)C3=O)cc1. The van der Waals surface area contributed by atoms with Crippen molar-refractivity contribution in [2.75, 3.05) is 7.11 Å². The number of hydrogen-bond donors (Lipinski definition) is 0. The van der Waals surface area contributed by atoms with Gasteiger partial charge < -0.3 is 4.74 Å². The van der Waals surface area contributed by atoms with Crippen LogP contribution >= 0.6 is 0 Å². The molecule has 2 nitrogen and oxygen atoms in total. The molecule has 0 fully saturated rings. The van der Waals surface area contributed by atoms with E-state index in [-0.39, 0.29) is 11.7 Å². The molecular weight excluding hydrogens is 248 g/mol. The van der Waals surface area contributed by atoms with E-state index in [1.54, 1.807) is 7.11 Å². The molecule has 2 aromatic rings. The minimum Gasteiger partial charge on any atom is -0.497 e. The Kier molecular flexibility index (Phi) is 3.09. The van der Waals surface area contributed by atoms with E-state index in [0.29, 0.717) is 0 Å². The van der Waals surface area contributed by atoms with Gasteiger partial charge in [0, 0.05) is 11.5 Å². The van der Waals surface area contributed by atoms with Crippen molar-refractivity contribution in [3.63, 3.8) is 0 Å². The first kappa shape index (κ1) is 12.9. The zero-order valence-electron chi connectivity index (χ0n) is 12.1. The molecule has 2 aromatic carbocycles. The van der Waals surface area contributed by atoms with Gasteiger partial charge in [-0.25, -0.2) is 0 Å². The summed E-state index contributed by atoms with van der Waals surface area (Å²) in [5, 5.41) is 0. The number of ether oxygens (including phenoxy) is 1. The number of carbonyl (C=O) groups is 1. The molecule has 0 spiro atoms. The lowest BCUT2D eigenvalue weighted by atomic mass is 9.94. The van der Waals surface area contributed by atoms with Crippen LogP contribution in [0, 0.1) is 12.8 Å². The minimum atomic E-state index is 0.101. The lowest BCUT2D eigenvalue weighted by Crippen LogP contribution is -2.02. The molecule has 0 bridgehead atoms. The molecule has 2 heteroatoms. The van der Waals surface area contributed by atoms with Gasteiger partial charge in [0.2, 0.25) is 0 Å². The number of aryl methyl sites for hydroxylation is 1. The van der Waals surface area contributed by atoms with Gasteiger partial charge in [-0.1, -0.05) is 25.1 Å². The van der Waals surface area contributed by atoms with Gasteiger partial charge in [-0.15, -0.1) is 0 Å². The fourth-order valence-electron chi connectivity index (χ4n) is 2.95. The summed E-state index contributed by atoms with van der Waals surface area (Å²) in [6, 6.07) is 12.2. The van der Waals surface area contributed by atoms with E-state index in [2.05, 4.69) is 18.2 Å². The molecule has 1 unspecified atom stereocenters. The van der Waals surface area contributed by atoms with Gasteiger partial charge in [0.15, 0.2) is 5.78 Å². The molecule has 0 aliphatic heterocycles. The van der Waals surface area contributed by atoms with Gasteiger partial charge in [-0.2, -0.15) is 0 Å². The van der Waals surface area contributed by atoms with Crippen molar-refractivity contribution in [3.8, 4) is 16.9 Å². The van der Waals surface area contributed by atoms with Crippen molar-refractivity contribution in [1.82, 2.24) is 0 Å². The maximum absolute atomic E-state index is 12.2. The predicted octanol–water partition coefficient (Wildman–Crippen LogP) is 4.05. The first-order valence-corrected chi connectivity index (χ1v) is 6.92. The van der Waals surface area contributed by atoms with Crippen molar-refractivity contribution < 1.29 is 9.53 Å². The summed E-state index contributed by atoms with van der Waals surface area (Å²) >= 11 is 0. The van der Waals surface area contributed by atoms with E-state index >= 15 is 0 Å². The van der Waals surface area contributed by atoms with E-state index in [1.165, 1.54) is 11.1 Å². The van der Waals surface area contributed by atoms with Crippen LogP contribution in [0.25, 0.3) is 11.1 Å². The summed E-state index contributed by atoms with van der Waals surface area (Å²) in [4.78, 5) is 12.2. The van der Waals surface area contributed by atoms with E-state index in [0.717, 1.165) is 28.9 Å². The molecule has 0 amide bonds. The average Bonchev–Trinajstić information content (AvgIpc) is 2.74. The van der Waals surface area contributed by atoms with Gasteiger partial charge in [-0.05, 0) is 53.8 Å². The van der Waals surface area contributed by atoms with E-state index in [4.69, 9.17) is 4.74 Å².